The Kier molecular flexibility index (Phi) is 4.75. The number of likely N-dealkylation sites (tertiary alicyclic amines) is 1. The number of hydrogen-bond acceptors (Lipinski definition) is 4. The Bertz CT molecular complexity index is 872. The van der Waals surface area contributed by atoms with Gasteiger partial charge < -0.3 is 14.7 Å². The summed E-state index contributed by atoms with van der Waals surface area (Å²) in [5.41, 5.74) is 0.650. The van der Waals surface area contributed by atoms with E-state index in [-0.39, 0.29) is 18.3 Å². The molecule has 2 aromatic rings. The van der Waals surface area contributed by atoms with Crippen molar-refractivity contribution in [1.29, 1.82) is 0 Å². The number of ether oxygens (including phenoxy) is 1. The maximum atomic E-state index is 13.2. The number of carbonyl (C=O) groups excluding carboxylic acids is 1. The zero-order valence-electron chi connectivity index (χ0n) is 16.3. The van der Waals surface area contributed by atoms with Crippen LogP contribution in [-0.4, -0.2) is 51.0 Å². The number of carbonyl (C=O) groups is 1. The van der Waals surface area contributed by atoms with Crippen LogP contribution in [0.5, 0.6) is 0 Å². The molecule has 2 aliphatic rings. The molecule has 2 aliphatic heterocycles. The molecule has 1 aromatic heterocycles. The molecule has 0 unspecified atom stereocenters. The van der Waals surface area contributed by atoms with E-state index >= 15 is 0 Å². The van der Waals surface area contributed by atoms with Crippen LogP contribution in [0.3, 0.4) is 0 Å². The highest BCUT2D eigenvalue weighted by Crippen LogP contribution is 2.45. The van der Waals surface area contributed by atoms with Crippen molar-refractivity contribution in [3.05, 3.63) is 53.1 Å². The zero-order valence-corrected chi connectivity index (χ0v) is 16.3. The second-order valence-corrected chi connectivity index (χ2v) is 7.94. The number of aliphatic hydroxyl groups is 1. The molecule has 0 saturated carbocycles. The van der Waals surface area contributed by atoms with Gasteiger partial charge in [0.1, 0.15) is 11.4 Å². The van der Waals surface area contributed by atoms with Crippen molar-refractivity contribution in [2.24, 2.45) is 0 Å². The van der Waals surface area contributed by atoms with Crippen molar-refractivity contribution in [3.8, 4) is 0 Å². The van der Waals surface area contributed by atoms with Gasteiger partial charge in [-0.3, -0.25) is 9.48 Å². The molecule has 2 fully saturated rings. The highest BCUT2D eigenvalue weighted by Gasteiger charge is 2.51. The van der Waals surface area contributed by atoms with Crippen LogP contribution in [-0.2, 0) is 16.9 Å². The molecular formula is C21H26FN3O3. The van der Waals surface area contributed by atoms with Crippen LogP contribution in [0.25, 0.3) is 0 Å². The summed E-state index contributed by atoms with van der Waals surface area (Å²) in [6.07, 6.45) is 3.44. The lowest BCUT2D eigenvalue weighted by Crippen LogP contribution is -2.47. The summed E-state index contributed by atoms with van der Waals surface area (Å²) >= 11 is 0. The number of hydrogen-bond donors (Lipinski definition) is 1. The van der Waals surface area contributed by atoms with Crippen LogP contribution in [0, 0.1) is 12.7 Å². The first-order valence-corrected chi connectivity index (χ1v) is 9.80. The number of halogens is 1. The van der Waals surface area contributed by atoms with Gasteiger partial charge in [-0.15, -0.1) is 0 Å². The number of aryl methyl sites for hydroxylation is 1. The lowest BCUT2D eigenvalue weighted by Gasteiger charge is -2.39. The van der Waals surface area contributed by atoms with E-state index in [1.807, 2.05) is 23.4 Å². The zero-order chi connectivity index (χ0) is 19.9. The van der Waals surface area contributed by atoms with E-state index in [1.54, 1.807) is 18.3 Å². The summed E-state index contributed by atoms with van der Waals surface area (Å²) in [7, 11) is 0. The second kappa shape index (κ2) is 6.97. The lowest BCUT2D eigenvalue weighted by atomic mass is 9.80. The van der Waals surface area contributed by atoms with E-state index < -0.39 is 11.2 Å². The Hall–Kier alpha value is -2.25. The first-order chi connectivity index (χ1) is 13.4. The topological polar surface area (TPSA) is 67.6 Å². The molecule has 28 heavy (non-hydrogen) atoms. The molecule has 1 atom stereocenters. The number of rotatable bonds is 3. The fraction of sp³-hybridized carbons (Fsp3) is 0.524. The Morgan fingerprint density at radius 3 is 2.57 bits per heavy atom. The molecule has 3 heterocycles. The standard InChI is InChI=1S/C21H26FN3O3/c1-3-25-15(2)18(12-23-25)19(26)24-10-8-20(9-11-24)13-21(27,14-28-20)16-4-6-17(22)7-5-16/h4-7,12,27H,3,8-11,13-14H2,1-2H3/t21-/m1/s1. The van der Waals surface area contributed by atoms with Gasteiger partial charge in [0.15, 0.2) is 0 Å². The minimum Gasteiger partial charge on any atom is -0.383 e. The van der Waals surface area contributed by atoms with Gasteiger partial charge in [0.05, 0.1) is 24.0 Å². The molecule has 1 aromatic carbocycles. The Morgan fingerprint density at radius 1 is 1.29 bits per heavy atom. The maximum Gasteiger partial charge on any atom is 0.257 e. The number of piperidine rings is 1. The van der Waals surface area contributed by atoms with E-state index in [9.17, 15) is 14.3 Å². The number of nitrogens with zero attached hydrogens (tertiary/aromatic N) is 3. The third-order valence-electron chi connectivity index (χ3n) is 6.21. The summed E-state index contributed by atoms with van der Waals surface area (Å²) in [5.74, 6) is -0.326. The predicted octanol–water partition coefficient (Wildman–Crippen LogP) is 2.63. The van der Waals surface area contributed by atoms with E-state index in [0.29, 0.717) is 43.5 Å². The number of aromatic nitrogens is 2. The third kappa shape index (κ3) is 3.22. The van der Waals surface area contributed by atoms with Gasteiger partial charge >= 0.3 is 0 Å². The predicted molar refractivity (Wildman–Crippen MR) is 101 cm³/mol. The van der Waals surface area contributed by atoms with Crippen LogP contribution >= 0.6 is 0 Å². The molecule has 4 rings (SSSR count). The van der Waals surface area contributed by atoms with Gasteiger partial charge in [-0.2, -0.15) is 5.10 Å². The normalized spacial score (nSPS) is 24.1. The number of amides is 1. The van der Waals surface area contributed by atoms with Gasteiger partial charge in [-0.25, -0.2) is 4.39 Å². The van der Waals surface area contributed by atoms with Crippen LogP contribution in [0.2, 0.25) is 0 Å². The molecule has 6 nitrogen and oxygen atoms in total. The summed E-state index contributed by atoms with van der Waals surface area (Å²) in [5, 5.41) is 15.3. The van der Waals surface area contributed by atoms with Gasteiger partial charge in [-0.1, -0.05) is 12.1 Å². The van der Waals surface area contributed by atoms with Crippen molar-refractivity contribution in [2.75, 3.05) is 19.7 Å². The second-order valence-electron chi connectivity index (χ2n) is 7.94. The summed E-state index contributed by atoms with van der Waals surface area (Å²) in [6.45, 7) is 5.99. The van der Waals surface area contributed by atoms with Crippen molar-refractivity contribution >= 4 is 5.91 Å². The number of benzene rings is 1. The van der Waals surface area contributed by atoms with E-state index in [0.717, 1.165) is 12.2 Å². The first kappa shape index (κ1) is 19.1. The van der Waals surface area contributed by atoms with E-state index in [1.165, 1.54) is 12.1 Å². The summed E-state index contributed by atoms with van der Waals surface area (Å²) < 4.78 is 21.1. The molecule has 1 amide bonds. The van der Waals surface area contributed by atoms with Crippen molar-refractivity contribution in [3.63, 3.8) is 0 Å². The highest BCUT2D eigenvalue weighted by atomic mass is 19.1. The molecule has 150 valence electrons. The average Bonchev–Trinajstić information content (AvgIpc) is 3.23. The average molecular weight is 387 g/mol. The molecule has 1 N–H and O–H groups in total. The SMILES string of the molecule is CCn1ncc(C(=O)N2CCC3(CC2)C[C@](O)(c2ccc(F)cc2)CO3)c1C. The molecule has 2 saturated heterocycles. The Morgan fingerprint density at radius 2 is 1.96 bits per heavy atom. The van der Waals surface area contributed by atoms with E-state index in [2.05, 4.69) is 5.10 Å². The van der Waals surface area contributed by atoms with Crippen LogP contribution in [0.4, 0.5) is 4.39 Å². The third-order valence-corrected chi connectivity index (χ3v) is 6.21. The monoisotopic (exact) mass is 387 g/mol. The van der Waals surface area contributed by atoms with Gasteiger partial charge in [0.25, 0.3) is 5.91 Å². The van der Waals surface area contributed by atoms with Gasteiger partial charge in [0.2, 0.25) is 0 Å². The lowest BCUT2D eigenvalue weighted by molar-refractivity contribution is -0.0431. The molecule has 7 heteroatoms. The van der Waals surface area contributed by atoms with Gasteiger partial charge in [-0.05, 0) is 44.4 Å². The van der Waals surface area contributed by atoms with E-state index in [4.69, 9.17) is 4.74 Å². The highest BCUT2D eigenvalue weighted by molar-refractivity contribution is 5.95. The van der Waals surface area contributed by atoms with Crippen molar-refractivity contribution in [2.45, 2.75) is 50.9 Å². The first-order valence-electron chi connectivity index (χ1n) is 9.80. The largest absolute Gasteiger partial charge is 0.383 e. The quantitative estimate of drug-likeness (QED) is 0.879. The summed E-state index contributed by atoms with van der Waals surface area (Å²) in [6, 6.07) is 5.95. The van der Waals surface area contributed by atoms with Crippen molar-refractivity contribution in [1.82, 2.24) is 14.7 Å². The fourth-order valence-corrected chi connectivity index (χ4v) is 4.44. The molecule has 0 bridgehead atoms. The van der Waals surface area contributed by atoms with Gasteiger partial charge in [0, 0.05) is 31.7 Å². The Balaban J connectivity index is 1.43. The molecular weight excluding hydrogens is 361 g/mol. The van der Waals surface area contributed by atoms with Crippen LogP contribution in [0.15, 0.2) is 30.5 Å². The Labute approximate surface area is 163 Å². The minimum atomic E-state index is -1.11. The maximum absolute atomic E-state index is 13.2. The molecule has 0 radical (unpaired) electrons. The molecule has 1 spiro atoms. The molecule has 0 aliphatic carbocycles. The minimum absolute atomic E-state index is 0.00107. The smallest absolute Gasteiger partial charge is 0.257 e. The van der Waals surface area contributed by atoms with Crippen LogP contribution < -0.4 is 0 Å². The summed E-state index contributed by atoms with van der Waals surface area (Å²) in [4.78, 5) is 14.7. The van der Waals surface area contributed by atoms with Crippen molar-refractivity contribution < 1.29 is 19.0 Å². The van der Waals surface area contributed by atoms with Crippen LogP contribution in [0.1, 0.15) is 47.8 Å². The fourth-order valence-electron chi connectivity index (χ4n) is 4.44.